The smallest absolute Gasteiger partial charge is 0.409 e. The highest BCUT2D eigenvalue weighted by Crippen LogP contribution is 2.22. The van der Waals surface area contributed by atoms with Crippen molar-refractivity contribution in [2.24, 2.45) is 5.73 Å². The molecule has 11 heavy (non-hydrogen) atoms. The Kier molecular flexibility index (Phi) is 2.43. The van der Waals surface area contributed by atoms with Gasteiger partial charge in [-0.05, 0) is 15.9 Å². The van der Waals surface area contributed by atoms with Crippen LogP contribution >= 0.6 is 15.9 Å². The maximum atomic E-state index is 10.3. The summed E-state index contributed by atoms with van der Waals surface area (Å²) in [6, 6.07) is 1.54. The Bertz CT molecular complexity index is 277. The topological polar surface area (TPSA) is 65.2 Å². The zero-order chi connectivity index (χ0) is 8.27. The Labute approximate surface area is 71.5 Å². The Morgan fingerprint density at radius 2 is 2.45 bits per heavy atom. The van der Waals surface area contributed by atoms with Crippen LogP contribution in [0, 0.1) is 0 Å². The summed E-state index contributed by atoms with van der Waals surface area (Å²) in [5.74, 6) is 0.368. The number of carbonyl (C=O) groups excluding carboxylic acids is 1. The third kappa shape index (κ3) is 2.19. The number of pyridine rings is 1. The summed E-state index contributed by atoms with van der Waals surface area (Å²) in [5.41, 5.74) is 4.79. The molecule has 0 unspecified atom stereocenters. The minimum absolute atomic E-state index is 0.368. The lowest BCUT2D eigenvalue weighted by Gasteiger charge is -2.00. The van der Waals surface area contributed by atoms with E-state index in [9.17, 15) is 4.79 Å². The summed E-state index contributed by atoms with van der Waals surface area (Å²) in [4.78, 5) is 14.1. The molecule has 0 aliphatic rings. The van der Waals surface area contributed by atoms with Gasteiger partial charge in [0.1, 0.15) is 5.75 Å². The lowest BCUT2D eigenvalue weighted by atomic mass is 10.5. The van der Waals surface area contributed by atoms with E-state index in [0.29, 0.717) is 10.2 Å². The van der Waals surface area contributed by atoms with Gasteiger partial charge in [0.15, 0.2) is 0 Å². The maximum absolute atomic E-state index is 10.3. The molecule has 0 aliphatic carbocycles. The molecular formula is C6H5BrN2O2. The van der Waals surface area contributed by atoms with E-state index in [-0.39, 0.29) is 0 Å². The van der Waals surface area contributed by atoms with Crippen molar-refractivity contribution in [3.63, 3.8) is 0 Å². The van der Waals surface area contributed by atoms with Crippen molar-refractivity contribution >= 4 is 22.0 Å². The fraction of sp³-hybridized carbons (Fsp3) is 0. The van der Waals surface area contributed by atoms with Crippen LogP contribution in [0.5, 0.6) is 5.75 Å². The van der Waals surface area contributed by atoms with Gasteiger partial charge in [0.25, 0.3) is 0 Å². The third-order valence-electron chi connectivity index (χ3n) is 0.946. The van der Waals surface area contributed by atoms with E-state index in [0.717, 1.165) is 0 Å². The average Bonchev–Trinajstić information content (AvgIpc) is 1.93. The first kappa shape index (κ1) is 8.00. The summed E-state index contributed by atoms with van der Waals surface area (Å²) in [6.07, 6.45) is 2.18. The first-order valence-corrected chi connectivity index (χ1v) is 3.56. The number of rotatable bonds is 1. The van der Waals surface area contributed by atoms with Gasteiger partial charge in [-0.25, -0.2) is 4.79 Å². The van der Waals surface area contributed by atoms with Crippen LogP contribution in [-0.2, 0) is 0 Å². The van der Waals surface area contributed by atoms with Crippen LogP contribution in [0.4, 0.5) is 4.79 Å². The highest BCUT2D eigenvalue weighted by molar-refractivity contribution is 9.10. The molecule has 5 heteroatoms. The van der Waals surface area contributed by atoms with Crippen LogP contribution < -0.4 is 10.5 Å². The van der Waals surface area contributed by atoms with E-state index < -0.39 is 6.09 Å². The summed E-state index contributed by atoms with van der Waals surface area (Å²) < 4.78 is 5.19. The molecule has 0 aromatic carbocycles. The zero-order valence-electron chi connectivity index (χ0n) is 5.45. The largest absolute Gasteiger partial charge is 0.410 e. The van der Waals surface area contributed by atoms with E-state index in [1.54, 1.807) is 0 Å². The number of amides is 1. The van der Waals surface area contributed by atoms with Gasteiger partial charge in [0, 0.05) is 18.5 Å². The van der Waals surface area contributed by atoms with Crippen molar-refractivity contribution in [1.29, 1.82) is 0 Å². The van der Waals surface area contributed by atoms with Crippen LogP contribution in [-0.4, -0.2) is 11.1 Å². The van der Waals surface area contributed by atoms with Crippen molar-refractivity contribution < 1.29 is 9.53 Å². The van der Waals surface area contributed by atoms with Crippen LogP contribution in [0.2, 0.25) is 0 Å². The average molecular weight is 217 g/mol. The third-order valence-corrected chi connectivity index (χ3v) is 1.54. The molecule has 0 saturated heterocycles. The normalized spacial score (nSPS) is 9.18. The molecule has 1 heterocycles. The highest BCUT2D eigenvalue weighted by atomic mass is 79.9. The molecular weight excluding hydrogens is 212 g/mol. The quantitative estimate of drug-likeness (QED) is 0.770. The molecule has 2 N–H and O–H groups in total. The highest BCUT2D eigenvalue weighted by Gasteiger charge is 2.01. The van der Waals surface area contributed by atoms with Crippen LogP contribution in [0.1, 0.15) is 0 Å². The van der Waals surface area contributed by atoms with E-state index in [1.165, 1.54) is 18.5 Å². The lowest BCUT2D eigenvalue weighted by Crippen LogP contribution is -2.16. The summed E-state index contributed by atoms with van der Waals surface area (Å²) in [6.45, 7) is 0. The van der Waals surface area contributed by atoms with Crippen LogP contribution in [0.25, 0.3) is 0 Å². The van der Waals surface area contributed by atoms with Gasteiger partial charge in [-0.15, -0.1) is 0 Å². The number of nitrogens with zero attached hydrogens (tertiary/aromatic N) is 1. The van der Waals surface area contributed by atoms with E-state index >= 15 is 0 Å². The molecule has 0 radical (unpaired) electrons. The fourth-order valence-electron chi connectivity index (χ4n) is 0.554. The van der Waals surface area contributed by atoms with Gasteiger partial charge < -0.3 is 10.5 Å². The molecule has 0 bridgehead atoms. The standard InChI is InChI=1S/C6H5BrN2O2/c7-4-3-9-2-1-5(4)11-6(8)10/h1-3H,(H2,8,10). The summed E-state index contributed by atoms with van der Waals surface area (Å²) in [5, 5.41) is 0. The first-order valence-electron chi connectivity index (χ1n) is 2.77. The Morgan fingerprint density at radius 1 is 1.73 bits per heavy atom. The molecule has 0 fully saturated rings. The number of carbonyl (C=O) groups is 1. The van der Waals surface area contributed by atoms with Crippen LogP contribution in [0.15, 0.2) is 22.9 Å². The van der Waals surface area contributed by atoms with Crippen molar-refractivity contribution in [1.82, 2.24) is 4.98 Å². The molecule has 58 valence electrons. The van der Waals surface area contributed by atoms with E-state index in [4.69, 9.17) is 5.73 Å². The van der Waals surface area contributed by atoms with E-state index in [1.807, 2.05) is 0 Å². The van der Waals surface area contributed by atoms with Crippen LogP contribution in [0.3, 0.4) is 0 Å². The number of halogens is 1. The second kappa shape index (κ2) is 3.34. The van der Waals surface area contributed by atoms with Gasteiger partial charge in [-0.1, -0.05) is 0 Å². The molecule has 0 atom stereocenters. The minimum Gasteiger partial charge on any atom is -0.409 e. The molecule has 1 amide bonds. The van der Waals surface area contributed by atoms with Gasteiger partial charge in [0.2, 0.25) is 0 Å². The number of hydrogen-bond donors (Lipinski definition) is 1. The number of primary amides is 1. The molecule has 0 aliphatic heterocycles. The van der Waals surface area contributed by atoms with Gasteiger partial charge >= 0.3 is 6.09 Å². The predicted molar refractivity (Wildman–Crippen MR) is 42.1 cm³/mol. The van der Waals surface area contributed by atoms with Crippen molar-refractivity contribution in [3.05, 3.63) is 22.9 Å². The van der Waals surface area contributed by atoms with Gasteiger partial charge in [0.05, 0.1) is 4.47 Å². The Hall–Kier alpha value is -1.10. The van der Waals surface area contributed by atoms with Crippen molar-refractivity contribution in [2.75, 3.05) is 0 Å². The molecule has 4 nitrogen and oxygen atoms in total. The summed E-state index contributed by atoms with van der Waals surface area (Å²) >= 11 is 3.13. The number of nitrogens with two attached hydrogens (primary N) is 1. The number of aromatic nitrogens is 1. The second-order valence-corrected chi connectivity index (χ2v) is 2.58. The number of ether oxygens (including phenoxy) is 1. The summed E-state index contributed by atoms with van der Waals surface area (Å²) in [7, 11) is 0. The second-order valence-electron chi connectivity index (χ2n) is 1.73. The predicted octanol–water partition coefficient (Wildman–Crippen LogP) is 1.30. The molecule has 1 aromatic heterocycles. The monoisotopic (exact) mass is 216 g/mol. The maximum Gasteiger partial charge on any atom is 0.410 e. The molecule has 0 saturated carbocycles. The Balaban J connectivity index is 2.86. The van der Waals surface area contributed by atoms with Crippen molar-refractivity contribution in [3.8, 4) is 5.75 Å². The van der Waals surface area contributed by atoms with Gasteiger partial charge in [-0.3, -0.25) is 4.98 Å². The first-order chi connectivity index (χ1) is 5.20. The molecule has 1 rings (SSSR count). The zero-order valence-corrected chi connectivity index (χ0v) is 7.04. The number of hydrogen-bond acceptors (Lipinski definition) is 3. The Morgan fingerprint density at radius 3 is 3.00 bits per heavy atom. The molecule has 0 spiro atoms. The minimum atomic E-state index is -0.836. The lowest BCUT2D eigenvalue weighted by molar-refractivity contribution is 0.210. The van der Waals surface area contributed by atoms with Gasteiger partial charge in [-0.2, -0.15) is 0 Å². The van der Waals surface area contributed by atoms with E-state index in [2.05, 4.69) is 25.7 Å². The van der Waals surface area contributed by atoms with Crippen molar-refractivity contribution in [2.45, 2.75) is 0 Å². The SMILES string of the molecule is NC(=O)Oc1ccncc1Br. The fourth-order valence-corrected chi connectivity index (χ4v) is 0.885. The molecule has 1 aromatic rings.